The molecule has 2 atom stereocenters. The van der Waals surface area contributed by atoms with Gasteiger partial charge in [-0.15, -0.1) is 0 Å². The van der Waals surface area contributed by atoms with Crippen LogP contribution in [0.25, 0.3) is 0 Å². The Morgan fingerprint density at radius 3 is 2.38 bits per heavy atom. The van der Waals surface area contributed by atoms with Crippen LogP contribution in [0, 0.1) is 0 Å². The van der Waals surface area contributed by atoms with Crippen molar-refractivity contribution in [2.75, 3.05) is 12.0 Å². The van der Waals surface area contributed by atoms with E-state index in [-0.39, 0.29) is 29.6 Å². The number of nitrogens with one attached hydrogen (secondary N) is 2. The average molecular weight is 534 g/mol. The number of hydrogen-bond acceptors (Lipinski definition) is 6. The molecule has 2 aliphatic rings. The lowest BCUT2D eigenvalue weighted by atomic mass is 9.87. The number of amides is 3. The van der Waals surface area contributed by atoms with Gasteiger partial charge < -0.3 is 25.4 Å². The zero-order chi connectivity index (χ0) is 27.0. The van der Waals surface area contributed by atoms with Gasteiger partial charge in [-0.1, -0.05) is 31.4 Å². The number of alkyl carbamates (subject to hydrolysis) is 1. The molecule has 3 N–H and O–H groups in total. The van der Waals surface area contributed by atoms with Crippen molar-refractivity contribution in [2.45, 2.75) is 108 Å². The molecule has 2 unspecified atom stereocenters. The van der Waals surface area contributed by atoms with Gasteiger partial charge in [-0.2, -0.15) is 11.8 Å². The molecular formula is C28H43N3O5S. The van der Waals surface area contributed by atoms with E-state index >= 15 is 0 Å². The highest BCUT2D eigenvalue weighted by molar-refractivity contribution is 7.98. The summed E-state index contributed by atoms with van der Waals surface area (Å²) in [5.74, 6) is 0.172. The minimum atomic E-state index is -0.899. The molecule has 2 aliphatic carbocycles. The summed E-state index contributed by atoms with van der Waals surface area (Å²) in [6.45, 7) is 5.33. The molecule has 1 aromatic carbocycles. The fourth-order valence-corrected chi connectivity index (χ4v) is 5.44. The molecule has 0 aromatic heterocycles. The van der Waals surface area contributed by atoms with Gasteiger partial charge in [-0.3, -0.25) is 9.59 Å². The van der Waals surface area contributed by atoms with Crippen LogP contribution in [0.1, 0.15) is 90.2 Å². The van der Waals surface area contributed by atoms with Gasteiger partial charge in [-0.25, -0.2) is 4.79 Å². The molecule has 0 heterocycles. The molecule has 0 bridgehead atoms. The first kappa shape index (κ1) is 29.1. The van der Waals surface area contributed by atoms with Crippen LogP contribution >= 0.6 is 11.8 Å². The van der Waals surface area contributed by atoms with E-state index < -0.39 is 23.8 Å². The van der Waals surface area contributed by atoms with Crippen molar-refractivity contribution in [3.63, 3.8) is 0 Å². The standard InChI is InChI=1S/C28H43N3O5S/c1-28(2,3)36-27(35)30-23(16-17-37-4)26(34)31(21-13-9-14-21)24(19-10-8-15-22(32)18-19)25(33)29-20-11-6-5-7-12-20/h8,10,15,18,20-21,23-24,32H,5-7,9,11-14,16-17H2,1-4H3,(H,29,33)(H,30,35). The number of rotatable bonds is 10. The predicted molar refractivity (Wildman–Crippen MR) is 147 cm³/mol. The van der Waals surface area contributed by atoms with E-state index in [2.05, 4.69) is 10.6 Å². The number of benzene rings is 1. The molecule has 0 saturated heterocycles. The first-order valence-electron chi connectivity index (χ1n) is 13.5. The molecule has 0 radical (unpaired) electrons. The minimum Gasteiger partial charge on any atom is -0.508 e. The topological polar surface area (TPSA) is 108 Å². The fraction of sp³-hybridized carbons (Fsp3) is 0.679. The van der Waals surface area contributed by atoms with Gasteiger partial charge in [0.05, 0.1) is 0 Å². The molecule has 0 spiro atoms. The third-order valence-electron chi connectivity index (χ3n) is 6.99. The van der Waals surface area contributed by atoms with Gasteiger partial charge in [0.2, 0.25) is 11.8 Å². The van der Waals surface area contributed by atoms with E-state index in [0.29, 0.717) is 17.7 Å². The Labute approximate surface area is 225 Å². The summed E-state index contributed by atoms with van der Waals surface area (Å²) in [6.07, 6.45) is 9.43. The normalized spacial score (nSPS) is 18.3. The van der Waals surface area contributed by atoms with E-state index in [1.54, 1.807) is 61.7 Å². The van der Waals surface area contributed by atoms with E-state index in [9.17, 15) is 19.5 Å². The Bertz CT molecular complexity index is 925. The Kier molecular flexibility index (Phi) is 10.6. The van der Waals surface area contributed by atoms with Crippen LogP contribution in [0.3, 0.4) is 0 Å². The number of thioether (sulfide) groups is 1. The van der Waals surface area contributed by atoms with Crippen molar-refractivity contribution >= 4 is 29.7 Å². The van der Waals surface area contributed by atoms with E-state index in [0.717, 1.165) is 44.9 Å². The van der Waals surface area contributed by atoms with Crippen LogP contribution < -0.4 is 10.6 Å². The number of carbonyl (C=O) groups excluding carboxylic acids is 3. The molecule has 8 nitrogen and oxygen atoms in total. The van der Waals surface area contributed by atoms with Crippen molar-refractivity contribution in [3.8, 4) is 5.75 Å². The number of nitrogens with zero attached hydrogens (tertiary/aromatic N) is 1. The predicted octanol–water partition coefficient (Wildman–Crippen LogP) is 4.91. The number of phenols is 1. The minimum absolute atomic E-state index is 0.0415. The van der Waals surface area contributed by atoms with Gasteiger partial charge in [0, 0.05) is 12.1 Å². The molecule has 1 aromatic rings. The maximum absolute atomic E-state index is 14.2. The first-order chi connectivity index (χ1) is 17.6. The third kappa shape index (κ3) is 8.55. The summed E-state index contributed by atoms with van der Waals surface area (Å²) in [6, 6.07) is 4.82. The van der Waals surface area contributed by atoms with Crippen molar-refractivity contribution in [2.24, 2.45) is 0 Å². The Morgan fingerprint density at radius 2 is 1.81 bits per heavy atom. The molecule has 3 amide bonds. The lowest BCUT2D eigenvalue weighted by molar-refractivity contribution is -0.147. The summed E-state index contributed by atoms with van der Waals surface area (Å²) in [4.78, 5) is 42.4. The summed E-state index contributed by atoms with van der Waals surface area (Å²) in [7, 11) is 0. The number of carbonyl (C=O) groups is 3. The molecule has 9 heteroatoms. The van der Waals surface area contributed by atoms with E-state index in [4.69, 9.17) is 4.74 Å². The second-order valence-corrected chi connectivity index (χ2v) is 12.1. The first-order valence-corrected chi connectivity index (χ1v) is 14.9. The number of hydrogen-bond donors (Lipinski definition) is 3. The summed E-state index contributed by atoms with van der Waals surface area (Å²) < 4.78 is 5.45. The summed E-state index contributed by atoms with van der Waals surface area (Å²) in [5.41, 5.74) is -0.135. The van der Waals surface area contributed by atoms with Crippen molar-refractivity contribution in [3.05, 3.63) is 29.8 Å². The SMILES string of the molecule is CSCCC(NC(=O)OC(C)(C)C)C(=O)N(C1CCC1)C(C(=O)NC1CCCCC1)c1cccc(O)c1. The molecule has 3 rings (SSSR count). The van der Waals surface area contributed by atoms with Crippen LogP contribution in [0.2, 0.25) is 0 Å². The van der Waals surface area contributed by atoms with Crippen molar-refractivity contribution in [1.29, 1.82) is 0 Å². The highest BCUT2D eigenvalue weighted by Crippen LogP contribution is 2.35. The van der Waals surface area contributed by atoms with Gasteiger partial charge in [0.25, 0.3) is 0 Å². The largest absolute Gasteiger partial charge is 0.508 e. The highest BCUT2D eigenvalue weighted by atomic mass is 32.2. The van der Waals surface area contributed by atoms with E-state index in [1.807, 2.05) is 6.26 Å². The second kappa shape index (κ2) is 13.4. The zero-order valence-electron chi connectivity index (χ0n) is 22.6. The molecule has 0 aliphatic heterocycles. The quantitative estimate of drug-likeness (QED) is 0.394. The molecule has 37 heavy (non-hydrogen) atoms. The van der Waals surface area contributed by atoms with Crippen LogP contribution in [0.4, 0.5) is 4.79 Å². The van der Waals surface area contributed by atoms with Crippen LogP contribution in [0.5, 0.6) is 5.75 Å². The smallest absolute Gasteiger partial charge is 0.408 e. The summed E-state index contributed by atoms with van der Waals surface area (Å²) in [5, 5.41) is 16.2. The Balaban J connectivity index is 1.94. The van der Waals surface area contributed by atoms with Gasteiger partial charge >= 0.3 is 6.09 Å². The van der Waals surface area contributed by atoms with Crippen LogP contribution in [0.15, 0.2) is 24.3 Å². The Hall–Kier alpha value is -2.42. The third-order valence-corrected chi connectivity index (χ3v) is 7.63. The Morgan fingerprint density at radius 1 is 1.11 bits per heavy atom. The fourth-order valence-electron chi connectivity index (χ4n) is 4.97. The van der Waals surface area contributed by atoms with Crippen molar-refractivity contribution in [1.82, 2.24) is 15.5 Å². The maximum Gasteiger partial charge on any atom is 0.408 e. The monoisotopic (exact) mass is 533 g/mol. The number of aromatic hydroxyl groups is 1. The van der Waals surface area contributed by atoms with Crippen LogP contribution in [-0.4, -0.2) is 63.6 Å². The number of phenolic OH excluding ortho intramolecular Hbond substituents is 1. The second-order valence-electron chi connectivity index (χ2n) is 11.2. The van der Waals surface area contributed by atoms with Crippen LogP contribution in [-0.2, 0) is 14.3 Å². The van der Waals surface area contributed by atoms with Gasteiger partial charge in [0.1, 0.15) is 23.4 Å². The highest BCUT2D eigenvalue weighted by Gasteiger charge is 2.42. The number of ether oxygens (including phenoxy) is 1. The van der Waals surface area contributed by atoms with Crippen molar-refractivity contribution < 1.29 is 24.2 Å². The molecular weight excluding hydrogens is 490 g/mol. The maximum atomic E-state index is 14.2. The van der Waals surface area contributed by atoms with E-state index in [1.165, 1.54) is 6.42 Å². The molecule has 206 valence electrons. The lowest BCUT2D eigenvalue weighted by Crippen LogP contribution is -2.58. The lowest BCUT2D eigenvalue weighted by Gasteiger charge is -2.44. The van der Waals surface area contributed by atoms with Gasteiger partial charge in [0.15, 0.2) is 0 Å². The molecule has 2 fully saturated rings. The average Bonchev–Trinajstić information content (AvgIpc) is 2.79. The summed E-state index contributed by atoms with van der Waals surface area (Å²) >= 11 is 1.59. The van der Waals surface area contributed by atoms with Gasteiger partial charge in [-0.05, 0) is 89.0 Å². The molecule has 2 saturated carbocycles. The zero-order valence-corrected chi connectivity index (χ0v) is 23.4.